The first-order valence-electron chi connectivity index (χ1n) is 11.5. The second-order valence-electron chi connectivity index (χ2n) is 9.52. The van der Waals surface area contributed by atoms with Crippen molar-refractivity contribution in [3.8, 4) is 11.3 Å². The summed E-state index contributed by atoms with van der Waals surface area (Å²) in [5.74, 6) is 1.08. The number of hydrogen-bond donors (Lipinski definition) is 1. The lowest BCUT2D eigenvalue weighted by molar-refractivity contribution is 0.0833. The molecule has 3 aromatic heterocycles. The van der Waals surface area contributed by atoms with Gasteiger partial charge in [0.25, 0.3) is 5.91 Å². The van der Waals surface area contributed by atoms with Gasteiger partial charge in [-0.3, -0.25) is 14.5 Å². The molecule has 3 aliphatic rings. The molecule has 0 unspecified atom stereocenters. The highest BCUT2D eigenvalue weighted by Crippen LogP contribution is 2.58. The van der Waals surface area contributed by atoms with Crippen LogP contribution >= 0.6 is 0 Å². The molecule has 1 amide bonds. The third kappa shape index (κ3) is 3.26. The Balaban J connectivity index is 1.30. The lowest BCUT2D eigenvalue weighted by Crippen LogP contribution is -2.31. The summed E-state index contributed by atoms with van der Waals surface area (Å²) >= 11 is 0. The number of pyridine rings is 1. The summed E-state index contributed by atoms with van der Waals surface area (Å²) in [4.78, 5) is 17.2. The van der Waals surface area contributed by atoms with Crippen LogP contribution in [0.25, 0.3) is 11.3 Å². The minimum atomic E-state index is -0.178. The van der Waals surface area contributed by atoms with Crippen molar-refractivity contribution in [1.82, 2.24) is 20.1 Å². The molecule has 0 bridgehead atoms. The van der Waals surface area contributed by atoms with Gasteiger partial charge < -0.3 is 14.5 Å². The molecule has 1 spiro atoms. The molecule has 166 valence electrons. The van der Waals surface area contributed by atoms with Crippen molar-refractivity contribution < 1.29 is 13.9 Å². The van der Waals surface area contributed by atoms with E-state index < -0.39 is 0 Å². The fraction of sp³-hybridized carbons (Fsp3) is 0.480. The van der Waals surface area contributed by atoms with Gasteiger partial charge in [-0.2, -0.15) is 5.10 Å². The molecule has 7 heteroatoms. The lowest BCUT2D eigenvalue weighted by Gasteiger charge is -2.21. The van der Waals surface area contributed by atoms with E-state index in [2.05, 4.69) is 28.0 Å². The minimum absolute atomic E-state index is 0.111. The van der Waals surface area contributed by atoms with Crippen LogP contribution in [0.15, 0.2) is 28.8 Å². The van der Waals surface area contributed by atoms with Crippen LogP contribution in [0.3, 0.4) is 0 Å². The lowest BCUT2D eigenvalue weighted by atomic mass is 9.82. The number of aryl methyl sites for hydroxylation is 1. The molecule has 4 heterocycles. The number of rotatable bonds is 5. The fourth-order valence-electron chi connectivity index (χ4n) is 5.23. The van der Waals surface area contributed by atoms with Gasteiger partial charge >= 0.3 is 0 Å². The van der Waals surface area contributed by atoms with Gasteiger partial charge in [0, 0.05) is 53.7 Å². The van der Waals surface area contributed by atoms with Gasteiger partial charge in [0.2, 0.25) is 0 Å². The molecule has 1 atom stereocenters. The molecule has 1 aliphatic heterocycles. The Morgan fingerprint density at radius 2 is 2.19 bits per heavy atom. The van der Waals surface area contributed by atoms with Crippen molar-refractivity contribution in [3.05, 3.63) is 58.4 Å². The summed E-state index contributed by atoms with van der Waals surface area (Å²) in [6.07, 6.45) is 7.20. The number of hydrogen-bond acceptors (Lipinski definition) is 5. The molecule has 0 aromatic carbocycles. The number of amides is 1. The van der Waals surface area contributed by atoms with E-state index in [0.717, 1.165) is 67.0 Å². The molecule has 0 radical (unpaired) electrons. The maximum absolute atomic E-state index is 12.8. The normalized spacial score (nSPS) is 20.2. The average molecular weight is 433 g/mol. The van der Waals surface area contributed by atoms with Gasteiger partial charge in [0.15, 0.2) is 5.76 Å². The Labute approximate surface area is 187 Å². The van der Waals surface area contributed by atoms with Crippen molar-refractivity contribution in [2.24, 2.45) is 0 Å². The van der Waals surface area contributed by atoms with Gasteiger partial charge in [-0.05, 0) is 57.2 Å². The summed E-state index contributed by atoms with van der Waals surface area (Å²) in [5, 5.41) is 7.98. The maximum atomic E-state index is 12.8. The van der Waals surface area contributed by atoms with E-state index in [9.17, 15) is 4.79 Å². The standard InChI is InChI=1S/C25H28N4O3/c1-15-5-6-17(12-26-15)14-29-16(2)22-23(28-29)19-10-20(32-21(19)11-25(22)7-8-25)24(30)27-13-18-4-3-9-31-18/h5-6,10,12,18H,3-4,7-9,11,13-14H2,1-2H3,(H,27,30)/t18-/m0/s1. The van der Waals surface area contributed by atoms with E-state index in [4.69, 9.17) is 14.3 Å². The number of aromatic nitrogens is 3. The molecule has 7 nitrogen and oxygen atoms in total. The molecular formula is C25H28N4O3. The number of ether oxygens (including phenoxy) is 1. The zero-order valence-corrected chi connectivity index (χ0v) is 18.6. The fourth-order valence-corrected chi connectivity index (χ4v) is 5.23. The van der Waals surface area contributed by atoms with Gasteiger partial charge in [-0.15, -0.1) is 0 Å². The summed E-state index contributed by atoms with van der Waals surface area (Å²) in [6, 6.07) is 6.01. The average Bonchev–Trinajstić information content (AvgIpc) is 3.15. The largest absolute Gasteiger partial charge is 0.455 e. The van der Waals surface area contributed by atoms with Crippen molar-refractivity contribution in [1.29, 1.82) is 0 Å². The Kier molecular flexibility index (Phi) is 4.50. The van der Waals surface area contributed by atoms with E-state index >= 15 is 0 Å². The van der Waals surface area contributed by atoms with Crippen LogP contribution in [0.2, 0.25) is 0 Å². The number of nitrogens with zero attached hydrogens (tertiary/aromatic N) is 3. The summed E-state index contributed by atoms with van der Waals surface area (Å²) in [7, 11) is 0. The zero-order valence-electron chi connectivity index (χ0n) is 18.6. The van der Waals surface area contributed by atoms with Crippen LogP contribution in [0.5, 0.6) is 0 Å². The maximum Gasteiger partial charge on any atom is 0.287 e. The highest BCUT2D eigenvalue weighted by molar-refractivity contribution is 5.93. The van der Waals surface area contributed by atoms with Crippen LogP contribution in [-0.4, -0.2) is 39.9 Å². The van der Waals surface area contributed by atoms with Gasteiger partial charge in [0.05, 0.1) is 18.3 Å². The number of fused-ring (bicyclic) bond motifs is 4. The predicted octanol–water partition coefficient (Wildman–Crippen LogP) is 3.70. The summed E-state index contributed by atoms with van der Waals surface area (Å²) in [6.45, 7) is 6.14. The molecule has 1 N–H and O–H groups in total. The van der Waals surface area contributed by atoms with E-state index in [-0.39, 0.29) is 17.4 Å². The van der Waals surface area contributed by atoms with Crippen molar-refractivity contribution in [2.75, 3.05) is 13.2 Å². The van der Waals surface area contributed by atoms with E-state index in [0.29, 0.717) is 18.8 Å². The van der Waals surface area contributed by atoms with E-state index in [1.54, 1.807) is 0 Å². The van der Waals surface area contributed by atoms with E-state index in [1.165, 1.54) is 11.3 Å². The van der Waals surface area contributed by atoms with Gasteiger partial charge in [-0.25, -0.2) is 0 Å². The first-order chi connectivity index (χ1) is 15.5. The highest BCUT2D eigenvalue weighted by Gasteiger charge is 2.52. The smallest absolute Gasteiger partial charge is 0.287 e. The van der Waals surface area contributed by atoms with Crippen LogP contribution in [-0.2, 0) is 23.1 Å². The van der Waals surface area contributed by atoms with Crippen LogP contribution in [0, 0.1) is 13.8 Å². The van der Waals surface area contributed by atoms with Crippen molar-refractivity contribution >= 4 is 5.91 Å². The third-order valence-corrected chi connectivity index (χ3v) is 7.20. The summed E-state index contributed by atoms with van der Waals surface area (Å²) < 4.78 is 13.8. The molecule has 2 fully saturated rings. The van der Waals surface area contributed by atoms with E-state index in [1.807, 2.05) is 25.3 Å². The Hall–Kier alpha value is -2.93. The molecule has 1 saturated heterocycles. The quantitative estimate of drug-likeness (QED) is 0.665. The summed E-state index contributed by atoms with van der Waals surface area (Å²) in [5.41, 5.74) is 6.72. The van der Waals surface area contributed by atoms with Crippen molar-refractivity contribution in [3.63, 3.8) is 0 Å². The molecular weight excluding hydrogens is 404 g/mol. The second kappa shape index (κ2) is 7.30. The molecule has 32 heavy (non-hydrogen) atoms. The number of furan rings is 1. The second-order valence-corrected chi connectivity index (χ2v) is 9.52. The number of nitrogens with one attached hydrogen (secondary N) is 1. The van der Waals surface area contributed by atoms with Crippen LogP contribution in [0.1, 0.15) is 64.5 Å². The Morgan fingerprint density at radius 3 is 2.91 bits per heavy atom. The Morgan fingerprint density at radius 1 is 1.31 bits per heavy atom. The third-order valence-electron chi connectivity index (χ3n) is 7.20. The zero-order chi connectivity index (χ0) is 21.9. The Bertz CT molecular complexity index is 1180. The predicted molar refractivity (Wildman–Crippen MR) is 119 cm³/mol. The monoisotopic (exact) mass is 432 g/mol. The molecule has 3 aromatic rings. The SMILES string of the molecule is Cc1ccc(Cn2nc3c(c2C)C2(CC2)Cc2oc(C(=O)NC[C@@H]4CCCO4)cc2-3)cn1. The molecule has 6 rings (SSSR count). The first-order valence-corrected chi connectivity index (χ1v) is 11.5. The highest BCUT2D eigenvalue weighted by atomic mass is 16.5. The van der Waals surface area contributed by atoms with Crippen LogP contribution in [0.4, 0.5) is 0 Å². The minimum Gasteiger partial charge on any atom is -0.455 e. The van der Waals surface area contributed by atoms with Crippen LogP contribution < -0.4 is 5.32 Å². The number of carbonyl (C=O) groups excluding carboxylic acids is 1. The molecule has 2 aliphatic carbocycles. The van der Waals surface area contributed by atoms with Gasteiger partial charge in [-0.1, -0.05) is 6.07 Å². The molecule has 1 saturated carbocycles. The van der Waals surface area contributed by atoms with Gasteiger partial charge in [0.1, 0.15) is 5.76 Å². The first kappa shape index (κ1) is 19.7. The number of carbonyl (C=O) groups is 1. The van der Waals surface area contributed by atoms with Crippen molar-refractivity contribution in [2.45, 2.75) is 64.0 Å². The topological polar surface area (TPSA) is 82.2 Å².